The average Bonchev–Trinajstić information content (AvgIpc) is 4.34. The van der Waals surface area contributed by atoms with E-state index in [4.69, 9.17) is 4.42 Å². The average molecular weight is 1090 g/mol. The molecule has 2 aliphatic rings. The van der Waals surface area contributed by atoms with Crippen LogP contribution in [0.5, 0.6) is 0 Å². The molecule has 2 fully saturated rings. The van der Waals surface area contributed by atoms with Gasteiger partial charge in [0.15, 0.2) is 0 Å². The molecule has 0 amide bonds. The zero-order valence-electron chi connectivity index (χ0n) is 50.0. The van der Waals surface area contributed by atoms with E-state index in [1.165, 1.54) is 30.7 Å². The van der Waals surface area contributed by atoms with Gasteiger partial charge in [0.05, 0.1) is 17.2 Å². The maximum absolute atomic E-state index is 9.90. The predicted molar refractivity (Wildman–Crippen MR) is 273 cm³/mol. The van der Waals surface area contributed by atoms with Crippen LogP contribution in [0.15, 0.2) is 138 Å². The Labute approximate surface area is 437 Å². The van der Waals surface area contributed by atoms with Crippen molar-refractivity contribution in [2.45, 2.75) is 108 Å². The summed E-state index contributed by atoms with van der Waals surface area (Å²) in [6.45, 7) is 1.80. The van der Waals surface area contributed by atoms with Crippen LogP contribution < -0.4 is 0 Å². The van der Waals surface area contributed by atoms with Crippen LogP contribution in [-0.2, 0) is 58.3 Å². The third-order valence-electron chi connectivity index (χ3n) is 13.4. The zero-order valence-corrected chi connectivity index (χ0v) is 40.4. The number of benzene rings is 5. The first-order chi connectivity index (χ1) is 38.1. The summed E-state index contributed by atoms with van der Waals surface area (Å²) < 4.78 is 124. The number of rotatable bonds is 14. The van der Waals surface area contributed by atoms with Gasteiger partial charge in [-0.1, -0.05) is 85.2 Å². The normalized spacial score (nSPS) is 17.9. The molecule has 2 aliphatic carbocycles. The summed E-state index contributed by atoms with van der Waals surface area (Å²) in [5.41, 5.74) is 4.44. The Morgan fingerprint density at radius 2 is 1.10 bits per heavy atom. The Bertz CT molecular complexity index is 3710. The number of aryl methyl sites for hydroxylation is 7. The smallest absolute Gasteiger partial charge is 0.500 e. The van der Waals surface area contributed by atoms with Crippen LogP contribution >= 0.6 is 0 Å². The largest absolute Gasteiger partial charge is 3.00 e. The van der Waals surface area contributed by atoms with Gasteiger partial charge < -0.3 is 19.4 Å². The number of furan rings is 1. The first-order valence-electron chi connectivity index (χ1n) is 29.4. The van der Waals surface area contributed by atoms with Gasteiger partial charge >= 0.3 is 20.1 Å². The second kappa shape index (κ2) is 21.0. The minimum atomic E-state index is -3.14. The van der Waals surface area contributed by atoms with E-state index < -0.39 is 54.9 Å². The molecule has 0 unspecified atom stereocenters. The molecule has 0 saturated heterocycles. The Hall–Kier alpha value is -6.51. The van der Waals surface area contributed by atoms with E-state index in [1.807, 2.05) is 48.5 Å². The zero-order chi connectivity index (χ0) is 56.6. The molecule has 2 saturated carbocycles. The molecule has 0 radical (unpaired) electrons. The molecule has 11 rings (SSSR count). The second-order valence-corrected chi connectivity index (χ2v) is 17.7. The molecular weight excluding hydrogens is 1020 g/mol. The molecule has 0 spiro atoms. The Morgan fingerprint density at radius 3 is 1.62 bits per heavy atom. The molecule has 0 bridgehead atoms. The number of fused-ring (bicyclic) bond motifs is 3. The summed E-state index contributed by atoms with van der Waals surface area (Å²) in [4.78, 5) is 13.9. The van der Waals surface area contributed by atoms with Gasteiger partial charge in [-0.25, -0.2) is 0 Å². The van der Waals surface area contributed by atoms with Crippen LogP contribution in [0.1, 0.15) is 135 Å². The first-order valence-corrected chi connectivity index (χ1v) is 23.4. The minimum Gasteiger partial charge on any atom is -0.500 e. The summed E-state index contributed by atoms with van der Waals surface area (Å²) in [6, 6.07) is 42.9. The van der Waals surface area contributed by atoms with Crippen molar-refractivity contribution in [3.63, 3.8) is 0 Å². The summed E-state index contributed by atoms with van der Waals surface area (Å²) >= 11 is 0. The van der Waals surface area contributed by atoms with Gasteiger partial charge in [-0.15, -0.1) is 90.0 Å². The van der Waals surface area contributed by atoms with Crippen molar-refractivity contribution in [1.82, 2.24) is 15.0 Å². The summed E-state index contributed by atoms with van der Waals surface area (Å²) in [5, 5.41) is 11.2. The topological polar surface area (TPSA) is 75.6 Å². The summed E-state index contributed by atoms with van der Waals surface area (Å²) in [7, 11) is 0. The van der Waals surface area contributed by atoms with Crippen molar-refractivity contribution in [3.8, 4) is 39.8 Å². The van der Waals surface area contributed by atoms with E-state index in [0.29, 0.717) is 67.2 Å². The van der Waals surface area contributed by atoms with E-state index in [-0.39, 0.29) is 48.6 Å². The first kappa shape index (κ1) is 33.9. The molecule has 4 aromatic heterocycles. The van der Waals surface area contributed by atoms with Crippen molar-refractivity contribution in [2.24, 2.45) is 0 Å². The Kier molecular flexibility index (Phi) is 10.3. The summed E-state index contributed by atoms with van der Waals surface area (Å²) in [5.74, 6) is -0.266. The molecule has 6 heteroatoms. The van der Waals surface area contributed by atoms with Crippen molar-refractivity contribution in [2.75, 3.05) is 0 Å². The molecule has 4 heterocycles. The SMILES string of the molecule is [2H]C([2H])(c1ccc(-c2[c-]ccc3c2oc2c(C)c(C#N)ccc23)nc1)C([2H])([2H])c1cc(C([2H])([2H])C([2H])([2H])c2cnc(-c3[c-]cccc3)cc2C2CCCC2)cc(C([2H])([2H])C([2H])([2H])c2cnc(-c3[c-]cccc3)cc2C2CCCC2)c1.[Ir+3]. The number of hydrogen-bond acceptors (Lipinski definition) is 5. The van der Waals surface area contributed by atoms with Crippen LogP contribution in [0.2, 0.25) is 0 Å². The quantitative estimate of drug-likeness (QED) is 0.101. The monoisotopic (exact) mass is 1090 g/mol. The number of nitriles is 1. The minimum absolute atomic E-state index is 0. The van der Waals surface area contributed by atoms with Gasteiger partial charge in [-0.05, 0) is 150 Å². The van der Waals surface area contributed by atoms with Crippen LogP contribution in [0, 0.1) is 36.5 Å². The molecule has 9 aromatic rings. The predicted octanol–water partition coefficient (Wildman–Crippen LogP) is 15.0. The third-order valence-corrected chi connectivity index (χ3v) is 13.4. The third kappa shape index (κ3) is 10.0. The second-order valence-electron chi connectivity index (χ2n) is 17.7. The fraction of sp³-hybridized carbons (Fsp3) is 0.270. The Balaban J connectivity index is 0.00000736. The van der Waals surface area contributed by atoms with E-state index in [0.717, 1.165) is 80.3 Å². The van der Waals surface area contributed by atoms with Crippen molar-refractivity contribution < 1.29 is 41.0 Å². The fourth-order valence-corrected chi connectivity index (χ4v) is 9.83. The molecule has 342 valence electrons. The van der Waals surface area contributed by atoms with Gasteiger partial charge in [-0.3, -0.25) is 0 Å². The van der Waals surface area contributed by atoms with Gasteiger partial charge in [0.2, 0.25) is 0 Å². The van der Waals surface area contributed by atoms with Crippen molar-refractivity contribution >= 4 is 21.9 Å². The van der Waals surface area contributed by atoms with E-state index >= 15 is 0 Å². The van der Waals surface area contributed by atoms with E-state index in [9.17, 15) is 21.7 Å². The maximum atomic E-state index is 9.90. The maximum Gasteiger partial charge on any atom is 3.00 e. The number of hydrogen-bond donors (Lipinski definition) is 0. The molecule has 69 heavy (non-hydrogen) atoms. The molecular formula is C63H55IrN4O. The standard InChI is InChI=1S/C63H55N4O.Ir/c1-42-51(38-64)30-31-55-54-21-12-22-56(63(54)68-62(42)55)59-32-27-43(39-65-59)23-24-44-33-45(25-28-52-40-66-60(49-17-4-2-5-18-49)36-57(52)47-13-8-9-14-47)35-46(34-44)26-29-53-41-67-61(50-19-6-3-7-20-50)37-58(53)48-15-10-11-16-48;/h2-7,12,17,19,21,27,30-37,39-41,47-48H,8-11,13-16,23-26,28-29H2,1H3;/q-3;+3/i23D2,24D2,25D2,26D2,28D2,29D2;. The number of pyridine rings is 3. The molecule has 5 aromatic carbocycles. The molecule has 0 atom stereocenters. The van der Waals surface area contributed by atoms with Crippen LogP contribution in [0.3, 0.4) is 0 Å². The van der Waals surface area contributed by atoms with Crippen LogP contribution in [-0.4, -0.2) is 15.0 Å². The van der Waals surface area contributed by atoms with Crippen LogP contribution in [0.25, 0.3) is 55.7 Å². The molecule has 5 nitrogen and oxygen atoms in total. The number of nitrogens with zero attached hydrogens (tertiary/aromatic N) is 4. The van der Waals surface area contributed by atoms with Gasteiger partial charge in [-0.2, -0.15) is 5.26 Å². The van der Waals surface area contributed by atoms with Gasteiger partial charge in [0, 0.05) is 46.0 Å². The fourth-order valence-electron chi connectivity index (χ4n) is 9.83. The van der Waals surface area contributed by atoms with Gasteiger partial charge in [0.25, 0.3) is 0 Å². The number of aromatic nitrogens is 3. The van der Waals surface area contributed by atoms with E-state index in [2.05, 4.69) is 39.2 Å². The van der Waals surface area contributed by atoms with Crippen molar-refractivity contribution in [1.29, 1.82) is 5.26 Å². The summed E-state index contributed by atoms with van der Waals surface area (Å²) in [6.07, 6.45) is -7.85. The van der Waals surface area contributed by atoms with Crippen molar-refractivity contribution in [3.05, 3.63) is 208 Å². The molecule has 0 N–H and O–H groups in total. The van der Waals surface area contributed by atoms with E-state index in [1.54, 1.807) is 43.3 Å². The molecule has 0 aliphatic heterocycles. The Morgan fingerprint density at radius 1 is 0.565 bits per heavy atom. The van der Waals surface area contributed by atoms with Gasteiger partial charge in [0.1, 0.15) is 5.58 Å². The van der Waals surface area contributed by atoms with Crippen LogP contribution in [0.4, 0.5) is 0 Å².